The van der Waals surface area contributed by atoms with E-state index in [1.54, 1.807) is 11.8 Å². The summed E-state index contributed by atoms with van der Waals surface area (Å²) >= 11 is 0. The fraction of sp³-hybridized carbons (Fsp3) is 0.600. The summed E-state index contributed by atoms with van der Waals surface area (Å²) in [4.78, 5) is 19.5. The van der Waals surface area contributed by atoms with E-state index in [4.69, 9.17) is 16.0 Å². The van der Waals surface area contributed by atoms with Crippen molar-refractivity contribution in [1.29, 1.82) is 0 Å². The largest absolute Gasteiger partial charge is 0.444 e. The Morgan fingerprint density at radius 3 is 2.70 bits per heavy atom. The zero-order chi connectivity index (χ0) is 19.8. The summed E-state index contributed by atoms with van der Waals surface area (Å²) < 4.78 is 25.6. The molecule has 2 heterocycles. The number of aryl methyl sites for hydroxylation is 1. The number of morpholine rings is 1. The quantitative estimate of drug-likeness (QED) is 0.703. The van der Waals surface area contributed by atoms with Crippen LogP contribution < -0.4 is 0 Å². The predicted molar refractivity (Wildman–Crippen MR) is 99.3 cm³/mol. The highest BCUT2D eigenvalue weighted by Crippen LogP contribution is 2.32. The van der Waals surface area contributed by atoms with Gasteiger partial charge in [-0.05, 0) is 44.9 Å². The summed E-state index contributed by atoms with van der Waals surface area (Å²) in [5.74, 6) is -0.500. The molecule has 2 aliphatic rings. The Labute approximate surface area is 159 Å². The Hall–Kier alpha value is -2.17. The molecule has 0 saturated carbocycles. The minimum atomic E-state index is -0.512. The average Bonchev–Trinajstić information content (AvgIpc) is 2.59. The number of halogens is 1. The Morgan fingerprint density at radius 2 is 2.07 bits per heavy atom. The van der Waals surface area contributed by atoms with Gasteiger partial charge >= 0.3 is 6.09 Å². The summed E-state index contributed by atoms with van der Waals surface area (Å²) in [5, 5.41) is 0. The number of nitrogens with zero attached hydrogens (tertiary/aromatic N) is 3. The van der Waals surface area contributed by atoms with Gasteiger partial charge in [0.2, 0.25) is 5.69 Å². The SMILES string of the molecule is [C-]#[N+]c1c(C)cc([C@H]2CN3CCN(C(=O)OC(C)(C)C)C[C@@H]3CO2)cc1F. The van der Waals surface area contributed by atoms with Gasteiger partial charge in [0.1, 0.15) is 11.4 Å². The highest BCUT2D eigenvalue weighted by Gasteiger charge is 2.37. The van der Waals surface area contributed by atoms with Crippen molar-refractivity contribution in [3.05, 3.63) is 40.5 Å². The van der Waals surface area contributed by atoms with E-state index in [-0.39, 0.29) is 23.9 Å². The molecule has 0 bridgehead atoms. The summed E-state index contributed by atoms with van der Waals surface area (Å²) in [6.45, 7) is 17.4. The van der Waals surface area contributed by atoms with Crippen molar-refractivity contribution in [2.24, 2.45) is 0 Å². The zero-order valence-electron chi connectivity index (χ0n) is 16.3. The summed E-state index contributed by atoms with van der Waals surface area (Å²) in [6.07, 6.45) is -0.529. The van der Waals surface area contributed by atoms with E-state index in [1.165, 1.54) is 6.07 Å². The second-order valence-corrected chi connectivity index (χ2v) is 8.18. The second-order valence-electron chi connectivity index (χ2n) is 8.18. The molecule has 0 N–H and O–H groups in total. The van der Waals surface area contributed by atoms with E-state index in [0.717, 1.165) is 12.1 Å². The van der Waals surface area contributed by atoms with Crippen molar-refractivity contribution in [3.63, 3.8) is 0 Å². The molecule has 0 radical (unpaired) electrons. The van der Waals surface area contributed by atoms with Gasteiger partial charge in [0.25, 0.3) is 0 Å². The molecule has 2 atom stereocenters. The van der Waals surface area contributed by atoms with Crippen LogP contribution in [0.15, 0.2) is 12.1 Å². The summed E-state index contributed by atoms with van der Waals surface area (Å²) in [5.41, 5.74) is 0.936. The highest BCUT2D eigenvalue weighted by molar-refractivity contribution is 5.68. The van der Waals surface area contributed by atoms with Crippen LogP contribution in [0.1, 0.15) is 38.0 Å². The van der Waals surface area contributed by atoms with Gasteiger partial charge in [-0.2, -0.15) is 0 Å². The molecular weight excluding hydrogens is 349 g/mol. The minimum Gasteiger partial charge on any atom is -0.444 e. The third-order valence-corrected chi connectivity index (χ3v) is 4.91. The third-order valence-electron chi connectivity index (χ3n) is 4.91. The van der Waals surface area contributed by atoms with E-state index in [9.17, 15) is 9.18 Å². The summed E-state index contributed by atoms with van der Waals surface area (Å²) in [7, 11) is 0. The molecule has 0 spiro atoms. The molecule has 6 nitrogen and oxygen atoms in total. The van der Waals surface area contributed by atoms with Crippen LogP contribution in [0, 0.1) is 19.3 Å². The Balaban J connectivity index is 1.65. The highest BCUT2D eigenvalue weighted by atomic mass is 19.1. The molecule has 0 aromatic heterocycles. The Kier molecular flexibility index (Phi) is 5.41. The van der Waals surface area contributed by atoms with E-state index < -0.39 is 11.4 Å². The summed E-state index contributed by atoms with van der Waals surface area (Å²) in [6, 6.07) is 3.34. The number of carbonyl (C=O) groups excluding carboxylic acids is 1. The van der Waals surface area contributed by atoms with Gasteiger partial charge < -0.3 is 14.4 Å². The maximum absolute atomic E-state index is 14.1. The first-order chi connectivity index (χ1) is 12.7. The zero-order valence-corrected chi connectivity index (χ0v) is 16.3. The smallest absolute Gasteiger partial charge is 0.410 e. The maximum Gasteiger partial charge on any atom is 0.410 e. The first-order valence-corrected chi connectivity index (χ1v) is 9.19. The normalized spacial score (nSPS) is 23.5. The molecule has 146 valence electrons. The predicted octanol–water partition coefficient (Wildman–Crippen LogP) is 3.68. The minimum absolute atomic E-state index is 0.0680. The van der Waals surface area contributed by atoms with Crippen LogP contribution in [-0.4, -0.2) is 60.3 Å². The fourth-order valence-corrected chi connectivity index (χ4v) is 3.57. The number of piperazine rings is 1. The average molecular weight is 375 g/mol. The molecule has 0 unspecified atom stereocenters. The monoisotopic (exact) mass is 375 g/mol. The van der Waals surface area contributed by atoms with Crippen molar-refractivity contribution in [3.8, 4) is 0 Å². The third kappa shape index (κ3) is 4.40. The molecule has 1 aromatic rings. The van der Waals surface area contributed by atoms with E-state index in [0.29, 0.717) is 31.8 Å². The van der Waals surface area contributed by atoms with Crippen molar-refractivity contribution >= 4 is 11.8 Å². The number of hydrogen-bond donors (Lipinski definition) is 0. The van der Waals surface area contributed by atoms with Crippen LogP contribution in [0.3, 0.4) is 0 Å². The lowest BCUT2D eigenvalue weighted by Crippen LogP contribution is -2.60. The number of benzene rings is 1. The lowest BCUT2D eigenvalue weighted by atomic mass is 10.0. The van der Waals surface area contributed by atoms with Gasteiger partial charge in [-0.15, -0.1) is 0 Å². The van der Waals surface area contributed by atoms with Crippen LogP contribution in [-0.2, 0) is 9.47 Å². The van der Waals surface area contributed by atoms with Crippen LogP contribution in [0.5, 0.6) is 0 Å². The van der Waals surface area contributed by atoms with Crippen LogP contribution >= 0.6 is 0 Å². The lowest BCUT2D eigenvalue weighted by molar-refractivity contribution is -0.0907. The molecule has 1 aromatic carbocycles. The van der Waals surface area contributed by atoms with E-state index >= 15 is 0 Å². The molecule has 0 aliphatic carbocycles. The first kappa shape index (κ1) is 19.6. The molecule has 7 heteroatoms. The van der Waals surface area contributed by atoms with E-state index in [1.807, 2.05) is 26.8 Å². The molecule has 2 fully saturated rings. The Bertz CT molecular complexity index is 746. The number of fused-ring (bicyclic) bond motifs is 1. The van der Waals surface area contributed by atoms with Crippen LogP contribution in [0.4, 0.5) is 14.9 Å². The molecule has 2 aliphatic heterocycles. The number of rotatable bonds is 1. The van der Waals surface area contributed by atoms with Crippen molar-refractivity contribution in [2.45, 2.75) is 45.4 Å². The number of amides is 1. The Morgan fingerprint density at radius 1 is 1.33 bits per heavy atom. The van der Waals surface area contributed by atoms with Gasteiger partial charge in [0.05, 0.1) is 25.3 Å². The van der Waals surface area contributed by atoms with Gasteiger partial charge in [-0.1, -0.05) is 6.07 Å². The molecule has 1 amide bonds. The van der Waals surface area contributed by atoms with Gasteiger partial charge in [-0.3, -0.25) is 4.90 Å². The van der Waals surface area contributed by atoms with Gasteiger partial charge in [0.15, 0.2) is 0 Å². The number of carbonyl (C=O) groups is 1. The van der Waals surface area contributed by atoms with E-state index in [2.05, 4.69) is 9.74 Å². The van der Waals surface area contributed by atoms with Crippen LogP contribution in [0.2, 0.25) is 0 Å². The van der Waals surface area contributed by atoms with Crippen molar-refractivity contribution in [1.82, 2.24) is 9.80 Å². The first-order valence-electron chi connectivity index (χ1n) is 9.19. The van der Waals surface area contributed by atoms with Gasteiger partial charge in [0, 0.05) is 26.2 Å². The standard InChI is InChI=1S/C20H26FN3O3/c1-13-8-14(9-16(21)18(13)22-5)17-11-23-6-7-24(10-15(23)12-26-17)19(25)27-20(2,3)4/h8-9,15,17H,6-7,10-12H2,1-4H3/t15-,17-/m1/s1. The molecule has 2 saturated heterocycles. The van der Waals surface area contributed by atoms with Crippen molar-refractivity contribution < 1.29 is 18.7 Å². The second kappa shape index (κ2) is 7.45. The molecular formula is C20H26FN3O3. The topological polar surface area (TPSA) is 46.4 Å². The molecule has 27 heavy (non-hydrogen) atoms. The van der Waals surface area contributed by atoms with Crippen LogP contribution in [0.25, 0.3) is 4.85 Å². The lowest BCUT2D eigenvalue weighted by Gasteiger charge is -2.46. The fourth-order valence-electron chi connectivity index (χ4n) is 3.57. The van der Waals surface area contributed by atoms with Crippen molar-refractivity contribution in [2.75, 3.05) is 32.8 Å². The number of hydrogen-bond acceptors (Lipinski definition) is 4. The number of ether oxygens (including phenoxy) is 2. The molecule has 3 rings (SSSR count). The van der Waals surface area contributed by atoms with Gasteiger partial charge in [-0.25, -0.2) is 14.0 Å². The maximum atomic E-state index is 14.1.